The van der Waals surface area contributed by atoms with Crippen LogP contribution in [0, 0.1) is 0 Å². The second kappa shape index (κ2) is 3.99. The Labute approximate surface area is 80.9 Å². The molecule has 0 aliphatic rings. The zero-order valence-corrected chi connectivity index (χ0v) is 7.86. The minimum Gasteiger partial charge on any atom is -0.506 e. The normalized spacial score (nSPS) is 10.2. The molecular formula is C8H9Cl2NO. The van der Waals surface area contributed by atoms with Gasteiger partial charge in [0.15, 0.2) is 0 Å². The Morgan fingerprint density at radius 2 is 1.92 bits per heavy atom. The fourth-order valence-electron chi connectivity index (χ4n) is 0.928. The van der Waals surface area contributed by atoms with Crippen LogP contribution in [0.4, 0.5) is 0 Å². The molecule has 0 radical (unpaired) electrons. The van der Waals surface area contributed by atoms with Gasteiger partial charge in [0.05, 0.1) is 5.02 Å². The van der Waals surface area contributed by atoms with E-state index in [0.717, 1.165) is 5.56 Å². The molecule has 0 heterocycles. The van der Waals surface area contributed by atoms with Gasteiger partial charge in [-0.1, -0.05) is 29.3 Å². The van der Waals surface area contributed by atoms with Gasteiger partial charge in [0.25, 0.3) is 0 Å². The average molecular weight is 206 g/mol. The molecule has 0 bridgehead atoms. The lowest BCUT2D eigenvalue weighted by molar-refractivity contribution is 0.475. The van der Waals surface area contributed by atoms with Crippen molar-refractivity contribution < 1.29 is 5.11 Å². The van der Waals surface area contributed by atoms with Crippen LogP contribution < -0.4 is 5.73 Å². The first-order chi connectivity index (χ1) is 5.66. The van der Waals surface area contributed by atoms with Gasteiger partial charge in [0.2, 0.25) is 0 Å². The van der Waals surface area contributed by atoms with E-state index < -0.39 is 0 Å². The van der Waals surface area contributed by atoms with Gasteiger partial charge in [-0.25, -0.2) is 0 Å². The molecule has 0 aliphatic carbocycles. The number of phenolic OH excluding ortho intramolecular Hbond substituents is 1. The van der Waals surface area contributed by atoms with E-state index in [0.29, 0.717) is 18.0 Å². The van der Waals surface area contributed by atoms with Crippen LogP contribution in [0.15, 0.2) is 12.1 Å². The summed E-state index contributed by atoms with van der Waals surface area (Å²) < 4.78 is 0. The fraction of sp³-hybridized carbons (Fsp3) is 0.250. The average Bonchev–Trinajstić information content (AvgIpc) is 2.07. The highest BCUT2D eigenvalue weighted by atomic mass is 35.5. The van der Waals surface area contributed by atoms with Crippen LogP contribution in [-0.2, 0) is 6.42 Å². The van der Waals surface area contributed by atoms with E-state index >= 15 is 0 Å². The molecule has 0 amide bonds. The summed E-state index contributed by atoms with van der Waals surface area (Å²) in [7, 11) is 0. The first-order valence-electron chi connectivity index (χ1n) is 3.52. The largest absolute Gasteiger partial charge is 0.506 e. The highest BCUT2D eigenvalue weighted by Crippen LogP contribution is 2.33. The third kappa shape index (κ3) is 1.83. The summed E-state index contributed by atoms with van der Waals surface area (Å²) >= 11 is 11.5. The van der Waals surface area contributed by atoms with Crippen LogP contribution in [0.1, 0.15) is 5.56 Å². The van der Waals surface area contributed by atoms with Gasteiger partial charge < -0.3 is 10.8 Å². The standard InChI is InChI=1S/C8H9Cl2NO/c9-7-5(3-4-11)1-2-6(12)8(7)10/h1-2,12H,3-4,11H2. The van der Waals surface area contributed by atoms with Crippen LogP contribution in [0.3, 0.4) is 0 Å². The maximum absolute atomic E-state index is 9.15. The van der Waals surface area contributed by atoms with E-state index in [9.17, 15) is 0 Å². The zero-order chi connectivity index (χ0) is 9.14. The van der Waals surface area contributed by atoms with Crippen LogP contribution >= 0.6 is 23.2 Å². The lowest BCUT2D eigenvalue weighted by Crippen LogP contribution is -2.03. The third-order valence-electron chi connectivity index (χ3n) is 1.56. The SMILES string of the molecule is NCCc1ccc(O)c(Cl)c1Cl. The van der Waals surface area contributed by atoms with E-state index in [1.54, 1.807) is 6.07 Å². The molecule has 12 heavy (non-hydrogen) atoms. The third-order valence-corrected chi connectivity index (χ3v) is 2.47. The molecule has 66 valence electrons. The summed E-state index contributed by atoms with van der Waals surface area (Å²) in [5.74, 6) is 0.00226. The molecule has 0 saturated carbocycles. The maximum atomic E-state index is 9.15. The van der Waals surface area contributed by atoms with Gasteiger partial charge >= 0.3 is 0 Å². The van der Waals surface area contributed by atoms with Crippen molar-refractivity contribution in [2.45, 2.75) is 6.42 Å². The Hall–Kier alpha value is -0.440. The lowest BCUT2D eigenvalue weighted by Gasteiger charge is -2.05. The lowest BCUT2D eigenvalue weighted by atomic mass is 10.1. The molecule has 0 fully saturated rings. The summed E-state index contributed by atoms with van der Waals surface area (Å²) in [6.45, 7) is 0.515. The van der Waals surface area contributed by atoms with Crippen molar-refractivity contribution in [1.82, 2.24) is 0 Å². The van der Waals surface area contributed by atoms with E-state index in [-0.39, 0.29) is 10.8 Å². The topological polar surface area (TPSA) is 46.2 Å². The molecule has 0 aliphatic heterocycles. The monoisotopic (exact) mass is 205 g/mol. The van der Waals surface area contributed by atoms with Crippen LogP contribution in [-0.4, -0.2) is 11.7 Å². The second-order valence-corrected chi connectivity index (χ2v) is 3.17. The van der Waals surface area contributed by atoms with E-state index in [1.165, 1.54) is 6.07 Å². The van der Waals surface area contributed by atoms with Gasteiger partial charge in [-0.15, -0.1) is 0 Å². The molecular weight excluding hydrogens is 197 g/mol. The molecule has 1 rings (SSSR count). The highest BCUT2D eigenvalue weighted by Gasteiger charge is 2.07. The number of phenols is 1. The second-order valence-electron chi connectivity index (χ2n) is 2.41. The summed E-state index contributed by atoms with van der Waals surface area (Å²) in [5.41, 5.74) is 6.22. The Morgan fingerprint density at radius 1 is 1.25 bits per heavy atom. The van der Waals surface area contributed by atoms with E-state index in [1.807, 2.05) is 0 Å². The van der Waals surface area contributed by atoms with E-state index in [4.69, 9.17) is 34.0 Å². The highest BCUT2D eigenvalue weighted by molar-refractivity contribution is 6.43. The molecule has 0 aromatic heterocycles. The first-order valence-corrected chi connectivity index (χ1v) is 4.28. The minimum absolute atomic E-state index is 0.00226. The number of aromatic hydroxyl groups is 1. The van der Waals surface area contributed by atoms with Crippen LogP contribution in [0.2, 0.25) is 10.0 Å². The van der Waals surface area contributed by atoms with Crippen LogP contribution in [0.5, 0.6) is 5.75 Å². The summed E-state index contributed by atoms with van der Waals surface area (Å²) in [4.78, 5) is 0. The van der Waals surface area contributed by atoms with Crippen molar-refractivity contribution in [2.75, 3.05) is 6.54 Å². The Balaban J connectivity index is 3.08. The minimum atomic E-state index is 0.00226. The van der Waals surface area contributed by atoms with Gasteiger partial charge in [-0.2, -0.15) is 0 Å². The maximum Gasteiger partial charge on any atom is 0.135 e. The Bertz CT molecular complexity index is 289. The Kier molecular flexibility index (Phi) is 3.20. The van der Waals surface area contributed by atoms with Gasteiger partial charge in [0.1, 0.15) is 10.8 Å². The van der Waals surface area contributed by atoms with Crippen molar-refractivity contribution in [1.29, 1.82) is 0 Å². The quantitative estimate of drug-likeness (QED) is 0.779. The fourth-order valence-corrected chi connectivity index (χ4v) is 1.37. The van der Waals surface area contributed by atoms with Crippen molar-refractivity contribution >= 4 is 23.2 Å². The van der Waals surface area contributed by atoms with Gasteiger partial charge in [0, 0.05) is 0 Å². The number of halogens is 2. The van der Waals surface area contributed by atoms with Crippen molar-refractivity contribution in [3.8, 4) is 5.75 Å². The summed E-state index contributed by atoms with van der Waals surface area (Å²) in [6, 6.07) is 3.23. The van der Waals surface area contributed by atoms with Crippen molar-refractivity contribution in [3.63, 3.8) is 0 Å². The number of hydrogen-bond donors (Lipinski definition) is 2. The Morgan fingerprint density at radius 3 is 2.50 bits per heavy atom. The first kappa shape index (κ1) is 9.65. The molecule has 2 nitrogen and oxygen atoms in total. The number of hydrogen-bond acceptors (Lipinski definition) is 2. The molecule has 1 aromatic carbocycles. The summed E-state index contributed by atoms with van der Waals surface area (Å²) in [6.07, 6.45) is 0.666. The number of benzene rings is 1. The molecule has 0 spiro atoms. The van der Waals surface area contributed by atoms with Gasteiger partial charge in [-0.3, -0.25) is 0 Å². The molecule has 0 atom stereocenters. The smallest absolute Gasteiger partial charge is 0.135 e. The molecule has 3 N–H and O–H groups in total. The molecule has 1 aromatic rings. The molecule has 0 saturated heterocycles. The molecule has 4 heteroatoms. The predicted molar refractivity (Wildman–Crippen MR) is 50.9 cm³/mol. The van der Waals surface area contributed by atoms with Crippen LogP contribution in [0.25, 0.3) is 0 Å². The summed E-state index contributed by atoms with van der Waals surface area (Å²) in [5, 5.41) is 9.73. The number of rotatable bonds is 2. The molecule has 0 unspecified atom stereocenters. The van der Waals surface area contributed by atoms with Crippen molar-refractivity contribution in [3.05, 3.63) is 27.7 Å². The number of nitrogens with two attached hydrogens (primary N) is 1. The van der Waals surface area contributed by atoms with E-state index in [2.05, 4.69) is 0 Å². The van der Waals surface area contributed by atoms with Gasteiger partial charge in [-0.05, 0) is 24.6 Å². The zero-order valence-electron chi connectivity index (χ0n) is 6.35. The van der Waals surface area contributed by atoms with Crippen molar-refractivity contribution in [2.24, 2.45) is 5.73 Å². The predicted octanol–water partition coefficient (Wildman–Crippen LogP) is 2.20.